The molecule has 0 fully saturated rings. The second-order valence-corrected chi connectivity index (χ2v) is 8.39. The Bertz CT molecular complexity index is 1560. The van der Waals surface area contributed by atoms with Gasteiger partial charge < -0.3 is 21.2 Å². The number of nitrogen functional groups attached to an aromatic ring is 1. The number of hydrogen-bond acceptors (Lipinski definition) is 5. The van der Waals surface area contributed by atoms with Crippen LogP contribution in [0.3, 0.4) is 0 Å². The fourth-order valence-electron chi connectivity index (χ4n) is 3.68. The van der Waals surface area contributed by atoms with Crippen molar-refractivity contribution in [2.75, 3.05) is 5.73 Å². The quantitative estimate of drug-likeness (QED) is 0.164. The Balaban J connectivity index is 2.21. The van der Waals surface area contributed by atoms with Crippen LogP contribution in [0, 0.1) is 30.0 Å². The molecule has 0 radical (unpaired) electrons. The molecule has 3 aromatic heterocycles. The van der Waals surface area contributed by atoms with E-state index in [1.165, 1.54) is 12.1 Å². The first kappa shape index (κ1) is 22.8. The third-order valence-electron chi connectivity index (χ3n) is 5.26. The molecule has 1 aromatic carbocycles. The van der Waals surface area contributed by atoms with Crippen LogP contribution in [0.4, 0.5) is 10.1 Å². The van der Waals surface area contributed by atoms with Crippen molar-refractivity contribution in [3.05, 3.63) is 81.8 Å². The number of fused-ring (bicyclic) bond motifs is 1. The number of pyridine rings is 3. The van der Waals surface area contributed by atoms with Crippen molar-refractivity contribution < 1.29 is 14.1 Å². The highest BCUT2D eigenvalue weighted by Crippen LogP contribution is 2.34. The molecular weight excluding hydrogens is 433 g/mol. The maximum absolute atomic E-state index is 14.2. The molecule has 0 aliphatic carbocycles. The molecule has 8 heteroatoms. The number of benzene rings is 1. The highest BCUT2D eigenvalue weighted by Gasteiger charge is 2.27. The molecule has 0 atom stereocenters. The number of aliphatic hydroxyl groups is 1. The van der Waals surface area contributed by atoms with Gasteiger partial charge in [0.25, 0.3) is 5.69 Å². The summed E-state index contributed by atoms with van der Waals surface area (Å²) in [4.78, 5) is 20.9. The van der Waals surface area contributed by atoms with E-state index in [1.54, 1.807) is 55.9 Å². The van der Waals surface area contributed by atoms with Gasteiger partial charge in [-0.3, -0.25) is 4.79 Å². The summed E-state index contributed by atoms with van der Waals surface area (Å²) in [6.07, 6.45) is 4.38. The number of anilines is 1. The average Bonchev–Trinajstić information content (AvgIpc) is 2.79. The van der Waals surface area contributed by atoms with E-state index in [1.807, 2.05) is 6.07 Å². The number of hydrogen-bond donors (Lipinski definition) is 4. The number of nitrogens with two attached hydrogens (primary N) is 1. The molecular formula is C26H23FN5O2+. The predicted octanol–water partition coefficient (Wildman–Crippen LogP) is 3.02. The summed E-state index contributed by atoms with van der Waals surface area (Å²) in [6.45, 7) is 4.94. The molecule has 4 rings (SSSR count). The lowest BCUT2D eigenvalue weighted by Crippen LogP contribution is -2.37. The van der Waals surface area contributed by atoms with Gasteiger partial charge in [0.1, 0.15) is 22.6 Å². The van der Waals surface area contributed by atoms with Gasteiger partial charge in [0.05, 0.1) is 16.8 Å². The molecule has 0 saturated heterocycles. The Morgan fingerprint density at radius 3 is 2.62 bits per heavy atom. The van der Waals surface area contributed by atoms with Crippen LogP contribution in [-0.2, 0) is 0 Å². The van der Waals surface area contributed by atoms with Crippen LogP contribution in [-0.4, -0.2) is 26.9 Å². The van der Waals surface area contributed by atoms with Crippen molar-refractivity contribution in [1.82, 2.24) is 9.97 Å². The molecule has 170 valence electrons. The molecule has 3 heterocycles. The van der Waals surface area contributed by atoms with E-state index < -0.39 is 17.0 Å². The lowest BCUT2D eigenvalue weighted by molar-refractivity contribution is -0.596. The van der Waals surface area contributed by atoms with E-state index in [0.29, 0.717) is 33.4 Å². The molecule has 34 heavy (non-hydrogen) atoms. The SMILES string of the molecule is Cc1cc2[nH]c(=O)c(-[n+]3ccccc3)c(-c3ccc(F)c(N)c3C=N)c2nc1C#CC(C)(C)O. The van der Waals surface area contributed by atoms with Gasteiger partial charge in [0.2, 0.25) is 0 Å². The van der Waals surface area contributed by atoms with Gasteiger partial charge in [0, 0.05) is 29.5 Å². The van der Waals surface area contributed by atoms with Gasteiger partial charge in [-0.25, -0.2) is 9.37 Å². The van der Waals surface area contributed by atoms with E-state index in [4.69, 9.17) is 16.1 Å². The molecule has 4 aromatic rings. The lowest BCUT2D eigenvalue weighted by atomic mass is 9.95. The van der Waals surface area contributed by atoms with E-state index in [-0.39, 0.29) is 16.9 Å². The Morgan fingerprint density at radius 1 is 1.26 bits per heavy atom. The van der Waals surface area contributed by atoms with E-state index in [2.05, 4.69) is 16.8 Å². The minimum Gasteiger partial charge on any atom is -0.396 e. The third kappa shape index (κ3) is 4.17. The monoisotopic (exact) mass is 456 g/mol. The third-order valence-corrected chi connectivity index (χ3v) is 5.26. The summed E-state index contributed by atoms with van der Waals surface area (Å²) in [5.41, 5.74) is 7.25. The van der Waals surface area contributed by atoms with E-state index >= 15 is 0 Å². The normalized spacial score (nSPS) is 11.2. The summed E-state index contributed by atoms with van der Waals surface area (Å²) < 4.78 is 15.9. The van der Waals surface area contributed by atoms with Crippen LogP contribution in [0.1, 0.15) is 30.7 Å². The fourth-order valence-corrected chi connectivity index (χ4v) is 3.68. The summed E-state index contributed by atoms with van der Waals surface area (Å²) in [5.74, 6) is 5.01. The largest absolute Gasteiger partial charge is 0.396 e. The van der Waals surface area contributed by atoms with Crippen LogP contribution in [0.25, 0.3) is 27.8 Å². The number of rotatable bonds is 3. The lowest BCUT2D eigenvalue weighted by Gasteiger charge is -2.14. The van der Waals surface area contributed by atoms with E-state index in [9.17, 15) is 14.3 Å². The highest BCUT2D eigenvalue weighted by molar-refractivity contribution is 6.03. The van der Waals surface area contributed by atoms with Gasteiger partial charge in [-0.2, -0.15) is 4.57 Å². The number of aromatic amines is 1. The minimum atomic E-state index is -1.22. The topological polar surface area (TPSA) is 120 Å². The molecule has 5 N–H and O–H groups in total. The van der Waals surface area contributed by atoms with Crippen molar-refractivity contribution in [3.63, 3.8) is 0 Å². The summed E-state index contributed by atoms with van der Waals surface area (Å²) in [7, 11) is 0. The van der Waals surface area contributed by atoms with Gasteiger partial charge in [-0.1, -0.05) is 18.1 Å². The van der Waals surface area contributed by atoms with Gasteiger partial charge >= 0.3 is 5.56 Å². The number of nitrogens with zero attached hydrogens (tertiary/aromatic N) is 2. The zero-order chi connectivity index (χ0) is 24.6. The molecule has 0 unspecified atom stereocenters. The Morgan fingerprint density at radius 2 is 1.97 bits per heavy atom. The van der Waals surface area contributed by atoms with Crippen molar-refractivity contribution in [1.29, 1.82) is 5.41 Å². The Kier molecular flexibility index (Phi) is 5.73. The number of nitrogens with one attached hydrogen (secondary N) is 2. The second-order valence-electron chi connectivity index (χ2n) is 8.39. The molecule has 0 saturated carbocycles. The van der Waals surface area contributed by atoms with Gasteiger partial charge in [0.15, 0.2) is 12.4 Å². The van der Waals surface area contributed by atoms with Crippen LogP contribution in [0.15, 0.2) is 53.6 Å². The van der Waals surface area contributed by atoms with Crippen molar-refractivity contribution in [2.24, 2.45) is 0 Å². The first-order chi connectivity index (χ1) is 16.1. The molecule has 0 aliphatic rings. The number of H-pyrrole nitrogens is 1. The molecule has 0 amide bonds. The summed E-state index contributed by atoms with van der Waals surface area (Å²) >= 11 is 0. The molecule has 0 bridgehead atoms. The minimum absolute atomic E-state index is 0.135. The number of halogens is 1. The van der Waals surface area contributed by atoms with Crippen LogP contribution < -0.4 is 15.9 Å². The molecule has 0 aliphatic heterocycles. The van der Waals surface area contributed by atoms with Crippen LogP contribution in [0.2, 0.25) is 0 Å². The first-order valence-corrected chi connectivity index (χ1v) is 10.5. The smallest absolute Gasteiger partial charge is 0.321 e. The summed E-state index contributed by atoms with van der Waals surface area (Å²) in [6, 6.07) is 9.79. The summed E-state index contributed by atoms with van der Waals surface area (Å²) in [5, 5.41) is 17.9. The zero-order valence-electron chi connectivity index (χ0n) is 18.9. The van der Waals surface area contributed by atoms with Crippen molar-refractivity contribution >= 4 is 22.9 Å². The van der Waals surface area contributed by atoms with E-state index in [0.717, 1.165) is 6.21 Å². The Hall–Kier alpha value is -4.35. The first-order valence-electron chi connectivity index (χ1n) is 10.5. The van der Waals surface area contributed by atoms with Crippen LogP contribution >= 0.6 is 0 Å². The van der Waals surface area contributed by atoms with Crippen LogP contribution in [0.5, 0.6) is 0 Å². The average molecular weight is 457 g/mol. The van der Waals surface area contributed by atoms with Gasteiger partial charge in [-0.05, 0) is 44.4 Å². The maximum Gasteiger partial charge on any atom is 0.321 e. The number of aromatic nitrogens is 3. The highest BCUT2D eigenvalue weighted by atomic mass is 19.1. The van der Waals surface area contributed by atoms with Crippen molar-refractivity contribution in [3.8, 4) is 28.7 Å². The zero-order valence-corrected chi connectivity index (χ0v) is 18.9. The van der Waals surface area contributed by atoms with Crippen molar-refractivity contribution in [2.45, 2.75) is 26.4 Å². The fraction of sp³-hybridized carbons (Fsp3) is 0.154. The predicted molar refractivity (Wildman–Crippen MR) is 130 cm³/mol. The maximum atomic E-state index is 14.2. The Labute approximate surface area is 195 Å². The molecule has 0 spiro atoms. The number of aryl methyl sites for hydroxylation is 1. The second kappa shape index (κ2) is 8.54. The van der Waals surface area contributed by atoms with Gasteiger partial charge in [-0.15, -0.1) is 0 Å². The molecule has 7 nitrogen and oxygen atoms in total. The standard InChI is InChI=1S/C26H22FN5O2/c1-15-13-20-23(30-19(15)9-10-26(2,3)34)21(16-7-8-18(27)22(29)17(16)14-28)24(25(33)31-20)32-11-5-4-6-12-32/h4-8,11-14,34H,1-3H3,(H3-,28,29,31,33)/p+1.